The first-order valence-corrected chi connectivity index (χ1v) is 5.81. The predicted molar refractivity (Wildman–Crippen MR) is 70.3 cm³/mol. The second-order valence-corrected chi connectivity index (χ2v) is 4.56. The van der Waals surface area contributed by atoms with Crippen molar-refractivity contribution < 1.29 is 14.5 Å². The van der Waals surface area contributed by atoms with Crippen molar-refractivity contribution >= 4 is 17.5 Å². The third-order valence-electron chi connectivity index (χ3n) is 2.45. The van der Waals surface area contributed by atoms with Crippen LogP contribution in [0.3, 0.4) is 0 Å². The summed E-state index contributed by atoms with van der Waals surface area (Å²) in [5, 5.41) is 11.0. The minimum atomic E-state index is -0.617. The van der Waals surface area contributed by atoms with E-state index in [4.69, 9.17) is 0 Å². The number of hydrogen-bond donors (Lipinski definition) is 0. The van der Waals surface area contributed by atoms with E-state index in [1.807, 2.05) is 13.8 Å². The molecule has 0 N–H and O–H groups in total. The maximum absolute atomic E-state index is 11.4. The zero-order valence-corrected chi connectivity index (χ0v) is 11.4. The molecule has 104 valence electrons. The summed E-state index contributed by atoms with van der Waals surface area (Å²) < 4.78 is 4.56. The van der Waals surface area contributed by atoms with Crippen LogP contribution in [-0.4, -0.2) is 36.6 Å². The normalized spacial score (nSPS) is 10.4. The summed E-state index contributed by atoms with van der Waals surface area (Å²) in [6, 6.07) is 2.56. The van der Waals surface area contributed by atoms with Gasteiger partial charge in [-0.2, -0.15) is 0 Å². The van der Waals surface area contributed by atoms with E-state index >= 15 is 0 Å². The lowest BCUT2D eigenvalue weighted by Crippen LogP contribution is -2.25. The highest BCUT2D eigenvalue weighted by Crippen LogP contribution is 2.26. The van der Waals surface area contributed by atoms with Crippen LogP contribution in [0.2, 0.25) is 0 Å². The number of anilines is 1. The SMILES string of the molecule is COC(=O)c1ccc([N+](=O)[O-])c(N(C)CC(C)C)n1. The lowest BCUT2D eigenvalue weighted by Gasteiger charge is -2.20. The summed E-state index contributed by atoms with van der Waals surface area (Å²) in [6.45, 7) is 4.58. The number of pyridine rings is 1. The van der Waals surface area contributed by atoms with Gasteiger partial charge in [-0.3, -0.25) is 10.1 Å². The summed E-state index contributed by atoms with van der Waals surface area (Å²) in [5.74, 6) is -0.135. The molecule has 0 unspecified atom stereocenters. The largest absolute Gasteiger partial charge is 0.464 e. The van der Waals surface area contributed by atoms with E-state index in [9.17, 15) is 14.9 Å². The van der Waals surface area contributed by atoms with Gasteiger partial charge in [0.25, 0.3) is 0 Å². The maximum Gasteiger partial charge on any atom is 0.356 e. The molecule has 19 heavy (non-hydrogen) atoms. The number of nitrogens with zero attached hydrogens (tertiary/aromatic N) is 3. The van der Waals surface area contributed by atoms with Gasteiger partial charge in [0.05, 0.1) is 12.0 Å². The molecule has 1 aromatic heterocycles. The molecule has 0 aliphatic carbocycles. The fourth-order valence-corrected chi connectivity index (χ4v) is 1.72. The summed E-state index contributed by atoms with van der Waals surface area (Å²) in [6.07, 6.45) is 0. The lowest BCUT2D eigenvalue weighted by molar-refractivity contribution is -0.384. The Labute approximate surface area is 111 Å². The van der Waals surface area contributed by atoms with Gasteiger partial charge in [-0.05, 0) is 12.0 Å². The smallest absolute Gasteiger partial charge is 0.356 e. The Bertz CT molecular complexity index is 488. The quantitative estimate of drug-likeness (QED) is 0.460. The van der Waals surface area contributed by atoms with Crippen LogP contribution < -0.4 is 4.90 Å². The topological polar surface area (TPSA) is 85.6 Å². The van der Waals surface area contributed by atoms with Crippen molar-refractivity contribution in [3.63, 3.8) is 0 Å². The summed E-state index contributed by atoms with van der Waals surface area (Å²) in [5.41, 5.74) is -0.0745. The average molecular weight is 267 g/mol. The Morgan fingerprint density at radius 1 is 1.53 bits per heavy atom. The number of methoxy groups -OCH3 is 1. The third-order valence-corrected chi connectivity index (χ3v) is 2.45. The van der Waals surface area contributed by atoms with E-state index in [1.54, 1.807) is 11.9 Å². The van der Waals surface area contributed by atoms with Gasteiger partial charge < -0.3 is 9.64 Å². The molecular weight excluding hydrogens is 250 g/mol. The standard InChI is InChI=1S/C12H17N3O4/c1-8(2)7-14(3)11-10(15(17)18)6-5-9(13-11)12(16)19-4/h5-6,8H,7H2,1-4H3. The van der Waals surface area contributed by atoms with E-state index in [0.29, 0.717) is 12.5 Å². The van der Waals surface area contributed by atoms with Gasteiger partial charge in [0.1, 0.15) is 0 Å². The first-order chi connectivity index (χ1) is 8.86. The Morgan fingerprint density at radius 2 is 2.16 bits per heavy atom. The van der Waals surface area contributed by atoms with Crippen LogP contribution in [0.15, 0.2) is 12.1 Å². The van der Waals surface area contributed by atoms with Gasteiger partial charge in [0, 0.05) is 19.7 Å². The highest BCUT2D eigenvalue weighted by atomic mass is 16.6. The lowest BCUT2D eigenvalue weighted by atomic mass is 10.2. The fourth-order valence-electron chi connectivity index (χ4n) is 1.72. The van der Waals surface area contributed by atoms with Crippen molar-refractivity contribution in [2.45, 2.75) is 13.8 Å². The van der Waals surface area contributed by atoms with Crippen LogP contribution in [-0.2, 0) is 4.74 Å². The van der Waals surface area contributed by atoms with Gasteiger partial charge in [-0.1, -0.05) is 13.8 Å². The minimum absolute atomic E-state index is 0.0544. The number of aromatic nitrogens is 1. The Balaban J connectivity index is 3.22. The molecule has 1 heterocycles. The molecule has 0 amide bonds. The van der Waals surface area contributed by atoms with Crippen LogP contribution in [0.5, 0.6) is 0 Å². The Hall–Kier alpha value is -2.18. The maximum atomic E-state index is 11.4. The summed E-state index contributed by atoms with van der Waals surface area (Å²) in [4.78, 5) is 27.6. The highest BCUT2D eigenvalue weighted by molar-refractivity contribution is 5.88. The van der Waals surface area contributed by atoms with Crippen LogP contribution in [0, 0.1) is 16.0 Å². The molecule has 0 bridgehead atoms. The fraction of sp³-hybridized carbons (Fsp3) is 0.500. The molecule has 0 aliphatic heterocycles. The third kappa shape index (κ3) is 3.64. The van der Waals surface area contributed by atoms with E-state index in [2.05, 4.69) is 9.72 Å². The zero-order chi connectivity index (χ0) is 14.6. The Morgan fingerprint density at radius 3 is 2.63 bits per heavy atom. The van der Waals surface area contributed by atoms with Crippen molar-refractivity contribution in [2.75, 3.05) is 25.6 Å². The van der Waals surface area contributed by atoms with Crippen LogP contribution in [0.1, 0.15) is 24.3 Å². The van der Waals surface area contributed by atoms with Gasteiger partial charge in [-0.15, -0.1) is 0 Å². The Kier molecular flexibility index (Phi) is 4.80. The summed E-state index contributed by atoms with van der Waals surface area (Å²) >= 11 is 0. The number of ether oxygens (including phenoxy) is 1. The molecule has 1 rings (SSSR count). The summed E-state index contributed by atoms with van der Waals surface area (Å²) in [7, 11) is 2.94. The number of carbonyl (C=O) groups excluding carboxylic acids is 1. The van der Waals surface area contributed by atoms with E-state index in [0.717, 1.165) is 0 Å². The van der Waals surface area contributed by atoms with Gasteiger partial charge in [-0.25, -0.2) is 9.78 Å². The van der Waals surface area contributed by atoms with Crippen LogP contribution >= 0.6 is 0 Å². The number of carbonyl (C=O) groups is 1. The monoisotopic (exact) mass is 267 g/mol. The molecule has 0 saturated heterocycles. The van der Waals surface area contributed by atoms with Gasteiger partial charge >= 0.3 is 11.7 Å². The molecule has 0 spiro atoms. The van der Waals surface area contributed by atoms with Crippen molar-refractivity contribution in [3.8, 4) is 0 Å². The number of hydrogen-bond acceptors (Lipinski definition) is 6. The number of rotatable bonds is 5. The van der Waals surface area contributed by atoms with E-state index in [-0.39, 0.29) is 17.2 Å². The molecule has 0 aliphatic rings. The zero-order valence-electron chi connectivity index (χ0n) is 11.4. The molecular formula is C12H17N3O4. The van der Waals surface area contributed by atoms with Crippen molar-refractivity contribution in [1.29, 1.82) is 0 Å². The molecule has 7 nitrogen and oxygen atoms in total. The van der Waals surface area contributed by atoms with Gasteiger partial charge in [0.15, 0.2) is 5.69 Å². The molecule has 0 fully saturated rings. The van der Waals surface area contributed by atoms with E-state index in [1.165, 1.54) is 19.2 Å². The van der Waals surface area contributed by atoms with E-state index < -0.39 is 10.9 Å². The average Bonchev–Trinajstić information content (AvgIpc) is 2.36. The molecule has 0 atom stereocenters. The predicted octanol–water partition coefficient (Wildman–Crippen LogP) is 1.87. The molecule has 0 radical (unpaired) electrons. The van der Waals surface area contributed by atoms with Gasteiger partial charge in [0.2, 0.25) is 5.82 Å². The minimum Gasteiger partial charge on any atom is -0.464 e. The number of esters is 1. The highest BCUT2D eigenvalue weighted by Gasteiger charge is 2.22. The number of nitro groups is 1. The van der Waals surface area contributed by atoms with Crippen molar-refractivity contribution in [1.82, 2.24) is 4.98 Å². The second kappa shape index (κ2) is 6.12. The molecule has 1 aromatic rings. The van der Waals surface area contributed by atoms with Crippen LogP contribution in [0.25, 0.3) is 0 Å². The molecule has 0 aromatic carbocycles. The molecule has 7 heteroatoms. The second-order valence-electron chi connectivity index (χ2n) is 4.56. The molecule has 0 saturated carbocycles. The van der Waals surface area contributed by atoms with Crippen molar-refractivity contribution in [2.24, 2.45) is 5.92 Å². The first kappa shape index (κ1) is 14.9. The first-order valence-electron chi connectivity index (χ1n) is 5.81. The van der Waals surface area contributed by atoms with Crippen molar-refractivity contribution in [3.05, 3.63) is 27.9 Å². The van der Waals surface area contributed by atoms with Crippen LogP contribution in [0.4, 0.5) is 11.5 Å².